The van der Waals surface area contributed by atoms with E-state index in [2.05, 4.69) is 4.74 Å². The van der Waals surface area contributed by atoms with Crippen molar-refractivity contribution >= 4 is 5.97 Å². The van der Waals surface area contributed by atoms with E-state index in [1.54, 1.807) is 25.1 Å². The number of carbonyl (C=O) groups is 1. The number of carboxylic acids is 1. The van der Waals surface area contributed by atoms with Crippen LogP contribution in [0.5, 0.6) is 5.75 Å². The molecule has 1 aromatic rings. The minimum Gasteiger partial charge on any atom is -0.481 e. The number of nitrogens with zero attached hydrogens (tertiary/aromatic N) is 1. The van der Waals surface area contributed by atoms with Gasteiger partial charge in [-0.05, 0) is 26.0 Å². The number of halogens is 2. The highest BCUT2D eigenvalue weighted by molar-refractivity contribution is 5.74. The zero-order valence-corrected chi connectivity index (χ0v) is 11.2. The van der Waals surface area contributed by atoms with Crippen LogP contribution in [0.3, 0.4) is 0 Å². The second kappa shape index (κ2) is 5.75. The van der Waals surface area contributed by atoms with Gasteiger partial charge in [0.2, 0.25) is 0 Å². The Morgan fingerprint density at radius 3 is 2.80 bits per heavy atom. The molecule has 1 N–H and O–H groups in total. The van der Waals surface area contributed by atoms with Crippen molar-refractivity contribution in [3.05, 3.63) is 29.8 Å². The first kappa shape index (κ1) is 14.7. The Morgan fingerprint density at radius 1 is 1.50 bits per heavy atom. The summed E-state index contributed by atoms with van der Waals surface area (Å²) in [7, 11) is 0. The lowest BCUT2D eigenvalue weighted by molar-refractivity contribution is -0.147. The molecule has 20 heavy (non-hydrogen) atoms. The number of hydrogen-bond donors (Lipinski definition) is 1. The van der Waals surface area contributed by atoms with Gasteiger partial charge in [-0.3, -0.25) is 9.69 Å². The van der Waals surface area contributed by atoms with E-state index in [4.69, 9.17) is 0 Å². The van der Waals surface area contributed by atoms with Crippen molar-refractivity contribution in [2.45, 2.75) is 26.5 Å². The summed E-state index contributed by atoms with van der Waals surface area (Å²) < 4.78 is 29.1. The van der Waals surface area contributed by atoms with Crippen LogP contribution >= 0.6 is 0 Å². The van der Waals surface area contributed by atoms with Crippen molar-refractivity contribution in [2.24, 2.45) is 5.41 Å². The lowest BCUT2D eigenvalue weighted by Crippen LogP contribution is -2.31. The van der Waals surface area contributed by atoms with Crippen molar-refractivity contribution in [1.82, 2.24) is 4.90 Å². The summed E-state index contributed by atoms with van der Waals surface area (Å²) in [4.78, 5) is 13.1. The third-order valence-corrected chi connectivity index (χ3v) is 3.65. The van der Waals surface area contributed by atoms with Gasteiger partial charge in [-0.1, -0.05) is 18.2 Å². The standard InChI is InChI=1S/C14H17F2NO3/c1-14(12(18)19)6-7-17(9-14)8-10-4-2-3-5-11(10)20-13(15)16/h2-5,13H,6-9H2,1H3,(H,18,19). The van der Waals surface area contributed by atoms with E-state index in [1.807, 2.05) is 4.90 Å². The second-order valence-electron chi connectivity index (χ2n) is 5.31. The average Bonchev–Trinajstić information content (AvgIpc) is 2.74. The largest absolute Gasteiger partial charge is 0.481 e. The monoisotopic (exact) mass is 285 g/mol. The highest BCUT2D eigenvalue weighted by atomic mass is 19.3. The number of likely N-dealkylation sites (tertiary alicyclic amines) is 1. The summed E-state index contributed by atoms with van der Waals surface area (Å²) in [5.41, 5.74) is -0.124. The van der Waals surface area contributed by atoms with Gasteiger partial charge >= 0.3 is 12.6 Å². The van der Waals surface area contributed by atoms with Gasteiger partial charge in [-0.15, -0.1) is 0 Å². The molecular formula is C14H17F2NO3. The minimum absolute atomic E-state index is 0.145. The van der Waals surface area contributed by atoms with Crippen LogP contribution in [-0.2, 0) is 11.3 Å². The van der Waals surface area contributed by atoms with Crippen molar-refractivity contribution in [3.8, 4) is 5.75 Å². The number of ether oxygens (including phenoxy) is 1. The molecule has 1 aliphatic rings. The van der Waals surface area contributed by atoms with Gasteiger partial charge in [0.1, 0.15) is 5.75 Å². The molecule has 0 aromatic heterocycles. The maximum absolute atomic E-state index is 12.3. The quantitative estimate of drug-likeness (QED) is 0.903. The normalized spacial score (nSPS) is 23.2. The molecule has 0 radical (unpaired) electrons. The Balaban J connectivity index is 2.06. The first-order valence-electron chi connectivity index (χ1n) is 6.39. The molecule has 0 amide bonds. The molecule has 0 saturated carbocycles. The molecule has 6 heteroatoms. The van der Waals surface area contributed by atoms with Crippen LogP contribution < -0.4 is 4.74 Å². The van der Waals surface area contributed by atoms with Gasteiger partial charge in [0.25, 0.3) is 0 Å². The Hall–Kier alpha value is -1.69. The molecule has 1 unspecified atom stereocenters. The fraction of sp³-hybridized carbons (Fsp3) is 0.500. The van der Waals surface area contributed by atoms with Crippen LogP contribution in [0.2, 0.25) is 0 Å². The topological polar surface area (TPSA) is 49.8 Å². The number of benzene rings is 1. The van der Waals surface area contributed by atoms with Crippen LogP contribution in [0.15, 0.2) is 24.3 Å². The molecule has 4 nitrogen and oxygen atoms in total. The van der Waals surface area contributed by atoms with Gasteiger partial charge in [0.05, 0.1) is 5.41 Å². The molecule has 110 valence electrons. The third-order valence-electron chi connectivity index (χ3n) is 3.65. The van der Waals surface area contributed by atoms with Crippen LogP contribution in [-0.4, -0.2) is 35.7 Å². The molecule has 0 aliphatic carbocycles. The van der Waals surface area contributed by atoms with Crippen LogP contribution in [0.1, 0.15) is 18.9 Å². The summed E-state index contributed by atoms with van der Waals surface area (Å²) in [6, 6.07) is 6.59. The fourth-order valence-electron chi connectivity index (χ4n) is 2.45. The summed E-state index contributed by atoms with van der Waals surface area (Å²) in [6.45, 7) is 0.291. The fourth-order valence-corrected chi connectivity index (χ4v) is 2.45. The molecule has 1 aliphatic heterocycles. The van der Waals surface area contributed by atoms with Crippen LogP contribution in [0, 0.1) is 5.41 Å². The lowest BCUT2D eigenvalue weighted by atomic mass is 9.90. The first-order chi connectivity index (χ1) is 9.40. The van der Waals surface area contributed by atoms with E-state index in [0.29, 0.717) is 31.6 Å². The predicted molar refractivity (Wildman–Crippen MR) is 68.7 cm³/mol. The van der Waals surface area contributed by atoms with Gasteiger partial charge in [0.15, 0.2) is 0 Å². The van der Waals surface area contributed by atoms with Crippen molar-refractivity contribution in [1.29, 1.82) is 0 Å². The number of rotatable bonds is 5. The highest BCUT2D eigenvalue weighted by Crippen LogP contribution is 2.32. The summed E-state index contributed by atoms with van der Waals surface area (Å²) in [5.74, 6) is -0.677. The van der Waals surface area contributed by atoms with Crippen LogP contribution in [0.25, 0.3) is 0 Å². The van der Waals surface area contributed by atoms with Crippen molar-refractivity contribution < 1.29 is 23.4 Å². The van der Waals surface area contributed by atoms with E-state index in [1.165, 1.54) is 6.07 Å². The molecule has 1 heterocycles. The number of alkyl halides is 2. The minimum atomic E-state index is -2.86. The van der Waals surface area contributed by atoms with Crippen LogP contribution in [0.4, 0.5) is 8.78 Å². The molecule has 1 saturated heterocycles. The number of aliphatic carboxylic acids is 1. The van der Waals surface area contributed by atoms with E-state index in [9.17, 15) is 18.7 Å². The van der Waals surface area contributed by atoms with Gasteiger partial charge < -0.3 is 9.84 Å². The predicted octanol–water partition coefficient (Wildman–Crippen LogP) is 2.58. The van der Waals surface area contributed by atoms with E-state index in [-0.39, 0.29) is 5.75 Å². The van der Waals surface area contributed by atoms with Crippen molar-refractivity contribution in [3.63, 3.8) is 0 Å². The maximum atomic E-state index is 12.3. The van der Waals surface area contributed by atoms with E-state index >= 15 is 0 Å². The molecule has 1 aromatic carbocycles. The molecule has 0 spiro atoms. The SMILES string of the molecule is CC1(C(=O)O)CCN(Cc2ccccc2OC(F)F)C1. The zero-order chi connectivity index (χ0) is 14.8. The zero-order valence-electron chi connectivity index (χ0n) is 11.2. The number of para-hydroxylation sites is 1. The maximum Gasteiger partial charge on any atom is 0.387 e. The third kappa shape index (κ3) is 3.25. The second-order valence-corrected chi connectivity index (χ2v) is 5.31. The molecule has 1 atom stereocenters. The number of hydrogen-bond acceptors (Lipinski definition) is 3. The Bertz CT molecular complexity index is 495. The molecule has 2 rings (SSSR count). The van der Waals surface area contributed by atoms with Gasteiger partial charge in [-0.25, -0.2) is 0 Å². The van der Waals surface area contributed by atoms with E-state index in [0.717, 1.165) is 0 Å². The molecular weight excluding hydrogens is 268 g/mol. The average molecular weight is 285 g/mol. The van der Waals surface area contributed by atoms with Crippen molar-refractivity contribution in [2.75, 3.05) is 13.1 Å². The van der Waals surface area contributed by atoms with Gasteiger partial charge in [-0.2, -0.15) is 8.78 Å². The highest BCUT2D eigenvalue weighted by Gasteiger charge is 2.40. The molecule has 0 bridgehead atoms. The summed E-state index contributed by atoms with van der Waals surface area (Å²) >= 11 is 0. The number of carboxylic acid groups (broad SMARTS) is 1. The Kier molecular flexibility index (Phi) is 4.23. The lowest BCUT2D eigenvalue weighted by Gasteiger charge is -2.21. The Labute approximate surface area is 116 Å². The summed E-state index contributed by atoms with van der Waals surface area (Å²) in [6.07, 6.45) is 0.556. The Morgan fingerprint density at radius 2 is 2.20 bits per heavy atom. The van der Waals surface area contributed by atoms with Gasteiger partial charge in [0, 0.05) is 18.7 Å². The molecule has 1 fully saturated rings. The summed E-state index contributed by atoms with van der Waals surface area (Å²) in [5, 5.41) is 9.18. The first-order valence-corrected chi connectivity index (χ1v) is 6.39. The smallest absolute Gasteiger partial charge is 0.387 e. The van der Waals surface area contributed by atoms with E-state index < -0.39 is 18.0 Å².